The maximum absolute atomic E-state index is 13.9. The Morgan fingerprint density at radius 1 is 0.913 bits per heavy atom. The summed E-state index contributed by atoms with van der Waals surface area (Å²) in [5.74, 6) is 0.271. The average molecular weight is 310 g/mol. The van der Waals surface area contributed by atoms with Crippen LogP contribution in [0.25, 0.3) is 0 Å². The summed E-state index contributed by atoms with van der Waals surface area (Å²) in [4.78, 5) is 4.91. The van der Waals surface area contributed by atoms with E-state index in [9.17, 15) is 4.39 Å². The van der Waals surface area contributed by atoms with Crippen LogP contribution in [0.3, 0.4) is 0 Å². The lowest BCUT2D eigenvalue weighted by Gasteiger charge is -2.37. The first kappa shape index (κ1) is 14.9. The lowest BCUT2D eigenvalue weighted by molar-refractivity contribution is 0.110. The maximum atomic E-state index is 13.9. The molecule has 2 unspecified atom stereocenters. The number of hydrogen-bond donors (Lipinski definition) is 0. The zero-order valence-corrected chi connectivity index (χ0v) is 13.6. The molecule has 2 aromatic carbocycles. The van der Waals surface area contributed by atoms with Gasteiger partial charge in [-0.3, -0.25) is 4.90 Å². The van der Waals surface area contributed by atoms with E-state index in [1.165, 1.54) is 16.7 Å². The van der Waals surface area contributed by atoms with Crippen molar-refractivity contribution in [1.29, 1.82) is 0 Å². The van der Waals surface area contributed by atoms with E-state index < -0.39 is 0 Å². The maximum Gasteiger partial charge on any atom is 0.123 e. The molecule has 0 radical (unpaired) electrons. The minimum absolute atomic E-state index is 0.114. The monoisotopic (exact) mass is 310 g/mol. The van der Waals surface area contributed by atoms with Crippen molar-refractivity contribution in [2.45, 2.75) is 18.4 Å². The third kappa shape index (κ3) is 2.79. The number of piperazine rings is 1. The van der Waals surface area contributed by atoms with Crippen molar-refractivity contribution in [3.63, 3.8) is 0 Å². The molecular weight excluding hydrogens is 287 g/mol. The van der Waals surface area contributed by atoms with Crippen LogP contribution in [0.2, 0.25) is 0 Å². The second-order valence-corrected chi connectivity index (χ2v) is 6.83. The SMILES string of the molecule is CN1CCN(C2CC(c3ccccc3)c3ccc(F)cc32)CC1. The van der Waals surface area contributed by atoms with Crippen LogP contribution in [0.5, 0.6) is 0 Å². The summed E-state index contributed by atoms with van der Waals surface area (Å²) in [5, 5.41) is 0. The van der Waals surface area contributed by atoms with Gasteiger partial charge in [-0.15, -0.1) is 0 Å². The van der Waals surface area contributed by atoms with Crippen LogP contribution < -0.4 is 0 Å². The molecule has 1 aliphatic carbocycles. The highest BCUT2D eigenvalue weighted by atomic mass is 19.1. The minimum atomic E-state index is -0.114. The van der Waals surface area contributed by atoms with Crippen molar-refractivity contribution in [1.82, 2.24) is 9.80 Å². The van der Waals surface area contributed by atoms with Gasteiger partial charge in [0, 0.05) is 38.1 Å². The van der Waals surface area contributed by atoms with Gasteiger partial charge in [0.1, 0.15) is 5.82 Å². The Morgan fingerprint density at radius 3 is 2.39 bits per heavy atom. The summed E-state index contributed by atoms with van der Waals surface area (Å²) < 4.78 is 13.9. The number of benzene rings is 2. The number of nitrogens with zero attached hydrogens (tertiary/aromatic N) is 2. The van der Waals surface area contributed by atoms with Crippen molar-refractivity contribution in [2.75, 3.05) is 33.2 Å². The third-order valence-electron chi connectivity index (χ3n) is 5.42. The first-order valence-electron chi connectivity index (χ1n) is 8.49. The Hall–Kier alpha value is -1.71. The Morgan fingerprint density at radius 2 is 1.65 bits per heavy atom. The molecule has 3 heteroatoms. The molecule has 0 saturated carbocycles. The van der Waals surface area contributed by atoms with Crippen LogP contribution in [0.15, 0.2) is 48.5 Å². The number of rotatable bonds is 2. The Kier molecular flexibility index (Phi) is 3.92. The van der Waals surface area contributed by atoms with Gasteiger partial charge in [-0.05, 0) is 42.3 Å². The fourth-order valence-electron chi connectivity index (χ4n) is 4.11. The highest BCUT2D eigenvalue weighted by molar-refractivity contribution is 5.44. The molecule has 1 fully saturated rings. The smallest absolute Gasteiger partial charge is 0.123 e. The molecule has 1 saturated heterocycles. The fraction of sp³-hybridized carbons (Fsp3) is 0.400. The standard InChI is InChI=1S/C20H23FN2/c1-22-9-11-23(12-10-22)20-14-18(15-5-3-2-4-6-15)17-8-7-16(21)13-19(17)20/h2-8,13,18,20H,9-12,14H2,1H3. The molecule has 2 nitrogen and oxygen atoms in total. The second kappa shape index (κ2) is 6.06. The molecule has 2 aromatic rings. The summed E-state index contributed by atoms with van der Waals surface area (Å²) in [5.41, 5.74) is 3.85. The molecule has 120 valence electrons. The van der Waals surface area contributed by atoms with Crippen LogP contribution in [-0.4, -0.2) is 43.0 Å². The van der Waals surface area contributed by atoms with Gasteiger partial charge in [0.2, 0.25) is 0 Å². The van der Waals surface area contributed by atoms with Crippen molar-refractivity contribution in [3.05, 3.63) is 71.0 Å². The molecule has 4 rings (SSSR count). The summed E-state index contributed by atoms with van der Waals surface area (Å²) in [7, 11) is 2.17. The van der Waals surface area contributed by atoms with Crippen LogP contribution in [0, 0.1) is 5.82 Å². The third-order valence-corrected chi connectivity index (χ3v) is 5.42. The summed E-state index contributed by atoms with van der Waals surface area (Å²) in [6.45, 7) is 4.32. The minimum Gasteiger partial charge on any atom is -0.304 e. The predicted octanol–water partition coefficient (Wildman–Crippen LogP) is 3.65. The quantitative estimate of drug-likeness (QED) is 0.835. The Labute approximate surface area is 137 Å². The van der Waals surface area contributed by atoms with Crippen molar-refractivity contribution in [3.8, 4) is 0 Å². The summed E-state index contributed by atoms with van der Waals surface area (Å²) in [6, 6.07) is 16.4. The van der Waals surface area contributed by atoms with E-state index in [0.29, 0.717) is 12.0 Å². The first-order chi connectivity index (χ1) is 11.2. The largest absolute Gasteiger partial charge is 0.304 e. The molecule has 2 aliphatic rings. The van der Waals surface area contributed by atoms with E-state index in [1.54, 1.807) is 12.1 Å². The van der Waals surface area contributed by atoms with Gasteiger partial charge in [-0.1, -0.05) is 36.4 Å². The molecule has 0 spiro atoms. The van der Waals surface area contributed by atoms with Crippen LogP contribution in [-0.2, 0) is 0 Å². The van der Waals surface area contributed by atoms with Crippen molar-refractivity contribution < 1.29 is 4.39 Å². The van der Waals surface area contributed by atoms with Crippen LogP contribution >= 0.6 is 0 Å². The lowest BCUT2D eigenvalue weighted by Crippen LogP contribution is -2.45. The predicted molar refractivity (Wildman–Crippen MR) is 91.1 cm³/mol. The van der Waals surface area contributed by atoms with Crippen LogP contribution in [0.1, 0.15) is 35.1 Å². The van der Waals surface area contributed by atoms with E-state index in [0.717, 1.165) is 32.6 Å². The lowest BCUT2D eigenvalue weighted by atomic mass is 9.93. The molecule has 23 heavy (non-hydrogen) atoms. The van der Waals surface area contributed by atoms with Gasteiger partial charge in [0.25, 0.3) is 0 Å². The summed E-state index contributed by atoms with van der Waals surface area (Å²) >= 11 is 0. The summed E-state index contributed by atoms with van der Waals surface area (Å²) in [6.07, 6.45) is 1.06. The highest BCUT2D eigenvalue weighted by Crippen LogP contribution is 2.47. The number of halogens is 1. The highest BCUT2D eigenvalue weighted by Gasteiger charge is 2.36. The zero-order valence-electron chi connectivity index (χ0n) is 13.6. The second-order valence-electron chi connectivity index (χ2n) is 6.83. The zero-order chi connectivity index (χ0) is 15.8. The molecule has 1 heterocycles. The molecule has 2 atom stereocenters. The van der Waals surface area contributed by atoms with Gasteiger partial charge in [0.05, 0.1) is 0 Å². The fourth-order valence-corrected chi connectivity index (χ4v) is 4.11. The van der Waals surface area contributed by atoms with Crippen molar-refractivity contribution >= 4 is 0 Å². The van der Waals surface area contributed by atoms with Crippen molar-refractivity contribution in [2.24, 2.45) is 0 Å². The topological polar surface area (TPSA) is 6.48 Å². The van der Waals surface area contributed by atoms with Crippen LogP contribution in [0.4, 0.5) is 4.39 Å². The Balaban J connectivity index is 1.69. The Bertz CT molecular complexity index is 677. The van der Waals surface area contributed by atoms with Gasteiger partial charge in [-0.2, -0.15) is 0 Å². The normalized spacial score (nSPS) is 25.5. The molecule has 1 aliphatic heterocycles. The van der Waals surface area contributed by atoms with E-state index in [1.807, 2.05) is 6.07 Å². The van der Waals surface area contributed by atoms with E-state index in [4.69, 9.17) is 0 Å². The van der Waals surface area contributed by atoms with E-state index in [-0.39, 0.29) is 5.82 Å². The molecular formula is C20H23FN2. The van der Waals surface area contributed by atoms with E-state index in [2.05, 4.69) is 47.2 Å². The van der Waals surface area contributed by atoms with E-state index >= 15 is 0 Å². The number of hydrogen-bond acceptors (Lipinski definition) is 2. The van der Waals surface area contributed by atoms with Gasteiger partial charge < -0.3 is 4.90 Å². The number of fused-ring (bicyclic) bond motifs is 1. The molecule has 0 bridgehead atoms. The molecule has 0 aromatic heterocycles. The molecule has 0 N–H and O–H groups in total. The van der Waals surface area contributed by atoms with Gasteiger partial charge in [-0.25, -0.2) is 4.39 Å². The molecule has 0 amide bonds. The average Bonchev–Trinajstić information content (AvgIpc) is 2.95. The van der Waals surface area contributed by atoms with Gasteiger partial charge in [0.15, 0.2) is 0 Å². The first-order valence-corrected chi connectivity index (χ1v) is 8.49. The number of likely N-dealkylation sites (N-methyl/N-ethyl adjacent to an activating group) is 1. The van der Waals surface area contributed by atoms with Gasteiger partial charge >= 0.3 is 0 Å².